The van der Waals surface area contributed by atoms with Crippen molar-refractivity contribution >= 4 is 38.9 Å². The van der Waals surface area contributed by atoms with Crippen LogP contribution in [0.4, 0.5) is 28.6 Å². The molecule has 1 fully saturated rings. The van der Waals surface area contributed by atoms with Crippen LogP contribution >= 0.6 is 12.8 Å². The Morgan fingerprint density at radius 1 is 1.00 bits per heavy atom. The Morgan fingerprint density at radius 3 is 2.32 bits per heavy atom. The molecule has 1 N–H and O–H groups in total. The second-order valence-electron chi connectivity index (χ2n) is 14.4. The lowest BCUT2D eigenvalue weighted by atomic mass is 10.0. The highest BCUT2D eigenvalue weighted by atomic mass is 32.1. The van der Waals surface area contributed by atoms with E-state index in [-0.39, 0.29) is 60.8 Å². The highest BCUT2D eigenvalue weighted by molar-refractivity contribution is 7.77. The Labute approximate surface area is 330 Å². The van der Waals surface area contributed by atoms with Crippen molar-refractivity contribution in [2.75, 3.05) is 31.4 Å². The molecular formula is C39H46F3N5O7SSi. The lowest BCUT2D eigenvalue weighted by molar-refractivity contribution is -0.137. The van der Waals surface area contributed by atoms with Gasteiger partial charge in [-0.2, -0.15) is 13.2 Å². The van der Waals surface area contributed by atoms with Gasteiger partial charge < -0.3 is 28.7 Å². The van der Waals surface area contributed by atoms with Crippen LogP contribution in [0.2, 0.25) is 25.7 Å². The second-order valence-corrected chi connectivity index (χ2v) is 20.2. The van der Waals surface area contributed by atoms with Crippen molar-refractivity contribution in [3.63, 3.8) is 0 Å². The number of halogens is 3. The number of carbonyl (C=O) groups excluding carboxylic acids is 2. The standard InChI is InChI=1S/C39H46F3N5O7SSi/c1-27-20-30(39(40,41)42)21-33(53-26-50-18-19-56(2,3)4)34(27)32-22-43-36(51-24-28-12-7-5-8-13-28)35(44-32)47(38(49)54-45-55)31-16-11-17-46(23-31)37(48)52-25-29-14-9-6-10-15-29/h5-10,12-15,20-22,31,45,55H,11,16-19,23-26H2,1-4H3. The fraction of sp³-hybridized carbons (Fsp3) is 0.385. The first-order valence-corrected chi connectivity index (χ1v) is 22.2. The average molecular weight is 814 g/mol. The number of thiol groups is 1. The minimum Gasteiger partial charge on any atom is -0.470 e. The van der Waals surface area contributed by atoms with Crippen molar-refractivity contribution in [1.82, 2.24) is 19.8 Å². The molecule has 2 amide bonds. The molecule has 4 aromatic rings. The number of piperidine rings is 1. The van der Waals surface area contributed by atoms with Crippen molar-refractivity contribution in [3.8, 4) is 22.9 Å². The maximum atomic E-state index is 14.1. The number of aromatic nitrogens is 2. The lowest BCUT2D eigenvalue weighted by Gasteiger charge is -2.37. The molecule has 1 aliphatic heterocycles. The first-order valence-electron chi connectivity index (χ1n) is 18.0. The Balaban J connectivity index is 1.54. The third-order valence-corrected chi connectivity index (χ3v) is 10.7. The molecule has 0 saturated carbocycles. The monoisotopic (exact) mass is 813 g/mol. The number of carbonyl (C=O) groups is 2. The Bertz CT molecular complexity index is 1920. The normalized spacial score (nSPS) is 14.6. The number of alkyl halides is 3. The number of ether oxygens (including phenoxy) is 4. The van der Waals surface area contributed by atoms with E-state index in [1.165, 1.54) is 22.9 Å². The third kappa shape index (κ3) is 11.8. The Kier molecular flexibility index (Phi) is 14.6. The van der Waals surface area contributed by atoms with E-state index < -0.39 is 38.0 Å². The first-order chi connectivity index (χ1) is 26.7. The minimum absolute atomic E-state index is 0.0295. The van der Waals surface area contributed by atoms with E-state index in [2.05, 4.69) is 42.3 Å². The SMILES string of the molecule is Cc1cc(C(F)(F)F)cc(OCOCC[Si](C)(C)C)c1-c1cnc(OCc2ccccc2)c(N(C(=O)ONS)C2CCCN(C(=O)OCc3ccccc3)C2)n1. The van der Waals surface area contributed by atoms with Gasteiger partial charge in [0.15, 0.2) is 6.79 Å². The Morgan fingerprint density at radius 2 is 1.68 bits per heavy atom. The summed E-state index contributed by atoms with van der Waals surface area (Å²) in [5.41, 5.74) is 1.16. The predicted molar refractivity (Wildman–Crippen MR) is 210 cm³/mol. The van der Waals surface area contributed by atoms with E-state index in [0.29, 0.717) is 26.0 Å². The maximum absolute atomic E-state index is 14.1. The maximum Gasteiger partial charge on any atom is 0.435 e. The first kappa shape index (κ1) is 42.3. The van der Waals surface area contributed by atoms with Gasteiger partial charge in [-0.15, -0.1) is 0 Å². The van der Waals surface area contributed by atoms with Crippen LogP contribution < -0.4 is 19.3 Å². The van der Waals surface area contributed by atoms with E-state index in [0.717, 1.165) is 29.3 Å². The summed E-state index contributed by atoms with van der Waals surface area (Å²) < 4.78 is 65.5. The summed E-state index contributed by atoms with van der Waals surface area (Å²) >= 11 is 3.87. The van der Waals surface area contributed by atoms with Crippen LogP contribution in [-0.4, -0.2) is 67.7 Å². The zero-order chi connectivity index (χ0) is 40.3. The summed E-state index contributed by atoms with van der Waals surface area (Å²) in [5, 5.41) is 0. The summed E-state index contributed by atoms with van der Waals surface area (Å²) in [6.07, 6.45) is -3.94. The van der Waals surface area contributed by atoms with Crippen LogP contribution in [0.25, 0.3) is 11.3 Å². The highest BCUT2D eigenvalue weighted by Gasteiger charge is 2.37. The van der Waals surface area contributed by atoms with Gasteiger partial charge in [-0.3, -0.25) is 4.90 Å². The molecule has 300 valence electrons. The molecule has 12 nitrogen and oxygen atoms in total. The molecule has 1 aromatic heterocycles. The van der Waals surface area contributed by atoms with Crippen LogP contribution in [0, 0.1) is 6.92 Å². The molecule has 17 heteroatoms. The molecule has 1 aliphatic rings. The molecular weight excluding hydrogens is 768 g/mol. The van der Waals surface area contributed by atoms with E-state index in [1.807, 2.05) is 60.7 Å². The molecule has 0 bridgehead atoms. The summed E-state index contributed by atoms with van der Waals surface area (Å²) in [6, 6.07) is 20.5. The quantitative estimate of drug-likeness (QED) is 0.0396. The Hall–Kier alpha value is -4.84. The van der Waals surface area contributed by atoms with Gasteiger partial charge in [0.1, 0.15) is 19.0 Å². The molecule has 56 heavy (non-hydrogen) atoms. The van der Waals surface area contributed by atoms with Crippen molar-refractivity contribution in [2.24, 2.45) is 0 Å². The lowest BCUT2D eigenvalue weighted by Crippen LogP contribution is -2.53. The zero-order valence-electron chi connectivity index (χ0n) is 31.7. The molecule has 1 unspecified atom stereocenters. The van der Waals surface area contributed by atoms with Crippen molar-refractivity contribution < 1.29 is 46.5 Å². The van der Waals surface area contributed by atoms with E-state index in [4.69, 9.17) is 28.8 Å². The van der Waals surface area contributed by atoms with Gasteiger partial charge in [-0.25, -0.2) is 19.6 Å². The topological polar surface area (TPSA) is 125 Å². The summed E-state index contributed by atoms with van der Waals surface area (Å²) in [7, 11) is -1.44. The van der Waals surface area contributed by atoms with E-state index >= 15 is 0 Å². The summed E-state index contributed by atoms with van der Waals surface area (Å²) in [5.74, 6) is -0.313. The minimum atomic E-state index is -4.67. The number of nitrogens with one attached hydrogen (secondary N) is 1. The van der Waals surface area contributed by atoms with Gasteiger partial charge in [0.05, 0.1) is 23.5 Å². The molecule has 5 rings (SSSR count). The highest BCUT2D eigenvalue weighted by Crippen LogP contribution is 2.41. The predicted octanol–water partition coefficient (Wildman–Crippen LogP) is 8.83. The fourth-order valence-corrected chi connectivity index (χ4v) is 6.85. The van der Waals surface area contributed by atoms with Crippen LogP contribution in [0.15, 0.2) is 79.0 Å². The number of aryl methyl sites for hydroxylation is 1. The van der Waals surface area contributed by atoms with Crippen molar-refractivity contribution in [3.05, 3.63) is 101 Å². The van der Waals surface area contributed by atoms with Crippen LogP contribution in [0.5, 0.6) is 11.6 Å². The molecule has 1 atom stereocenters. The van der Waals surface area contributed by atoms with E-state index in [1.54, 1.807) is 0 Å². The van der Waals surface area contributed by atoms with Crippen molar-refractivity contribution in [1.29, 1.82) is 0 Å². The van der Waals surface area contributed by atoms with Gasteiger partial charge in [0, 0.05) is 33.3 Å². The number of anilines is 1. The largest absolute Gasteiger partial charge is 0.470 e. The molecule has 0 radical (unpaired) electrons. The van der Waals surface area contributed by atoms with Crippen molar-refractivity contribution in [2.45, 2.75) is 70.9 Å². The number of hydrogen-bond acceptors (Lipinski definition) is 11. The van der Waals surface area contributed by atoms with Gasteiger partial charge in [0.25, 0.3) is 5.88 Å². The second kappa shape index (κ2) is 19.3. The molecule has 3 aromatic carbocycles. The number of benzene rings is 3. The van der Waals surface area contributed by atoms with Gasteiger partial charge in [0.2, 0.25) is 5.82 Å². The number of hydrogen-bond donors (Lipinski definition) is 2. The summed E-state index contributed by atoms with van der Waals surface area (Å²) in [4.78, 5) is 46.4. The average Bonchev–Trinajstić information content (AvgIpc) is 3.16. The number of likely N-dealkylation sites (tertiary alicyclic amines) is 1. The fourth-order valence-electron chi connectivity index (χ4n) is 6.01. The zero-order valence-corrected chi connectivity index (χ0v) is 33.6. The smallest absolute Gasteiger partial charge is 0.435 e. The van der Waals surface area contributed by atoms with Crippen LogP contribution in [0.3, 0.4) is 0 Å². The van der Waals surface area contributed by atoms with Gasteiger partial charge in [-0.05, 0) is 54.6 Å². The number of amides is 2. The molecule has 2 heterocycles. The van der Waals surface area contributed by atoms with Crippen LogP contribution in [-0.2, 0) is 33.7 Å². The number of rotatable bonds is 15. The van der Waals surface area contributed by atoms with E-state index in [9.17, 15) is 22.8 Å². The number of nitrogens with zero attached hydrogens (tertiary/aromatic N) is 4. The van der Waals surface area contributed by atoms with Gasteiger partial charge in [-0.1, -0.05) is 98.0 Å². The van der Waals surface area contributed by atoms with Crippen LogP contribution in [0.1, 0.15) is 35.1 Å². The molecule has 0 spiro atoms. The summed E-state index contributed by atoms with van der Waals surface area (Å²) in [6.45, 7) is 8.63. The molecule has 1 saturated heterocycles. The molecule has 0 aliphatic carbocycles. The van der Waals surface area contributed by atoms with Gasteiger partial charge >= 0.3 is 18.4 Å². The third-order valence-electron chi connectivity index (χ3n) is 8.90.